The summed E-state index contributed by atoms with van der Waals surface area (Å²) in [7, 11) is 0. The minimum absolute atomic E-state index is 0.441. The molecule has 1 aliphatic heterocycles. The predicted octanol–water partition coefficient (Wildman–Crippen LogP) is 1.13. The smallest absolute Gasteiger partial charge is 0.0180 e. The molecule has 1 saturated heterocycles. The van der Waals surface area contributed by atoms with Crippen LogP contribution in [0.5, 0.6) is 0 Å². The van der Waals surface area contributed by atoms with Crippen molar-refractivity contribution in [3.8, 4) is 0 Å². The first-order valence-electron chi connectivity index (χ1n) is 5.01. The molecule has 0 aromatic rings. The Morgan fingerprint density at radius 2 is 2.17 bits per heavy atom. The molecule has 2 unspecified atom stereocenters. The first-order chi connectivity index (χ1) is 5.86. The largest absolute Gasteiger partial charge is 0.326 e. The van der Waals surface area contributed by atoms with Crippen LogP contribution >= 0.6 is 0 Å². The van der Waals surface area contributed by atoms with E-state index in [4.69, 9.17) is 5.73 Å². The minimum atomic E-state index is 0.441. The van der Waals surface area contributed by atoms with Gasteiger partial charge in [0.05, 0.1) is 0 Å². The van der Waals surface area contributed by atoms with E-state index in [2.05, 4.69) is 17.1 Å². The van der Waals surface area contributed by atoms with Gasteiger partial charge < -0.3 is 5.73 Å². The summed E-state index contributed by atoms with van der Waals surface area (Å²) in [6.45, 7) is 2.35. The van der Waals surface area contributed by atoms with Gasteiger partial charge in [0.25, 0.3) is 0 Å². The van der Waals surface area contributed by atoms with Crippen LogP contribution in [0.4, 0.5) is 0 Å². The number of nitrogens with two attached hydrogens (primary N) is 1. The lowest BCUT2D eigenvalue weighted by atomic mass is 10.0. The monoisotopic (exact) mass is 166 g/mol. The van der Waals surface area contributed by atoms with E-state index < -0.39 is 0 Å². The molecule has 1 fully saturated rings. The van der Waals surface area contributed by atoms with Gasteiger partial charge >= 0.3 is 0 Å². The molecular weight excluding hydrogens is 148 g/mol. The van der Waals surface area contributed by atoms with E-state index in [0.29, 0.717) is 6.04 Å². The average Bonchev–Trinajstić information content (AvgIpc) is 2.54. The highest BCUT2D eigenvalue weighted by Gasteiger charge is 2.25. The molecule has 2 nitrogen and oxygen atoms in total. The summed E-state index contributed by atoms with van der Waals surface area (Å²) < 4.78 is 0. The third-order valence-corrected chi connectivity index (χ3v) is 3.01. The molecule has 0 radical (unpaired) electrons. The van der Waals surface area contributed by atoms with Crippen LogP contribution in [0.1, 0.15) is 25.7 Å². The number of nitrogens with zero attached hydrogens (tertiary/aromatic N) is 1. The summed E-state index contributed by atoms with van der Waals surface area (Å²) in [5, 5.41) is 0. The SMILES string of the molecule is NC1CCN(C2CC=CCC2)C1. The van der Waals surface area contributed by atoms with Crippen LogP contribution in [0.25, 0.3) is 0 Å². The zero-order chi connectivity index (χ0) is 8.39. The molecule has 0 aromatic heterocycles. The van der Waals surface area contributed by atoms with E-state index in [0.717, 1.165) is 12.6 Å². The van der Waals surface area contributed by atoms with Crippen molar-refractivity contribution >= 4 is 0 Å². The van der Waals surface area contributed by atoms with Crippen LogP contribution in [0.15, 0.2) is 12.2 Å². The molecule has 12 heavy (non-hydrogen) atoms. The van der Waals surface area contributed by atoms with E-state index in [1.54, 1.807) is 0 Å². The molecule has 2 heteroatoms. The summed E-state index contributed by atoms with van der Waals surface area (Å²) >= 11 is 0. The number of likely N-dealkylation sites (tertiary alicyclic amines) is 1. The number of hydrogen-bond acceptors (Lipinski definition) is 2. The topological polar surface area (TPSA) is 29.3 Å². The van der Waals surface area contributed by atoms with Crippen molar-refractivity contribution in [3.05, 3.63) is 12.2 Å². The second-order valence-electron chi connectivity index (χ2n) is 3.98. The highest BCUT2D eigenvalue weighted by Crippen LogP contribution is 2.21. The summed E-state index contributed by atoms with van der Waals surface area (Å²) in [5.74, 6) is 0. The molecule has 0 amide bonds. The summed E-state index contributed by atoms with van der Waals surface area (Å²) in [6.07, 6.45) is 9.65. The van der Waals surface area contributed by atoms with Crippen molar-refractivity contribution in [2.75, 3.05) is 13.1 Å². The Morgan fingerprint density at radius 3 is 2.75 bits per heavy atom. The second-order valence-corrected chi connectivity index (χ2v) is 3.98. The third kappa shape index (κ3) is 1.70. The van der Waals surface area contributed by atoms with Gasteiger partial charge in [0, 0.05) is 25.2 Å². The summed E-state index contributed by atoms with van der Waals surface area (Å²) in [5.41, 5.74) is 5.87. The van der Waals surface area contributed by atoms with Crippen molar-refractivity contribution in [3.63, 3.8) is 0 Å². The van der Waals surface area contributed by atoms with Crippen molar-refractivity contribution < 1.29 is 0 Å². The first-order valence-corrected chi connectivity index (χ1v) is 5.01. The standard InChI is InChI=1S/C10H18N2/c11-9-6-7-12(8-9)10-4-2-1-3-5-10/h1-2,9-10H,3-8,11H2. The molecule has 0 spiro atoms. The molecule has 1 heterocycles. The Hall–Kier alpha value is -0.340. The highest BCUT2D eigenvalue weighted by atomic mass is 15.2. The molecular formula is C10H18N2. The highest BCUT2D eigenvalue weighted by molar-refractivity contribution is 4.95. The van der Waals surface area contributed by atoms with Gasteiger partial charge in [-0.3, -0.25) is 4.90 Å². The van der Waals surface area contributed by atoms with Gasteiger partial charge in [-0.15, -0.1) is 0 Å². The first kappa shape index (κ1) is 8.27. The number of rotatable bonds is 1. The Labute approximate surface area is 74.4 Å². The molecule has 0 aromatic carbocycles. The van der Waals surface area contributed by atoms with Gasteiger partial charge in [-0.05, 0) is 25.7 Å². The molecule has 0 saturated carbocycles. The second kappa shape index (κ2) is 3.58. The lowest BCUT2D eigenvalue weighted by molar-refractivity contribution is 0.225. The van der Waals surface area contributed by atoms with Gasteiger partial charge in [0.2, 0.25) is 0 Å². The Kier molecular flexibility index (Phi) is 2.47. The van der Waals surface area contributed by atoms with Gasteiger partial charge in [0.15, 0.2) is 0 Å². The van der Waals surface area contributed by atoms with Crippen LogP contribution in [0.2, 0.25) is 0 Å². The lowest BCUT2D eigenvalue weighted by Gasteiger charge is -2.28. The minimum Gasteiger partial charge on any atom is -0.326 e. The third-order valence-electron chi connectivity index (χ3n) is 3.01. The van der Waals surface area contributed by atoms with Crippen LogP contribution in [0, 0.1) is 0 Å². The van der Waals surface area contributed by atoms with Crippen molar-refractivity contribution in [1.82, 2.24) is 4.90 Å². The fraction of sp³-hybridized carbons (Fsp3) is 0.800. The number of hydrogen-bond donors (Lipinski definition) is 1. The Balaban J connectivity index is 1.88. The van der Waals surface area contributed by atoms with Gasteiger partial charge in [0.1, 0.15) is 0 Å². The quantitative estimate of drug-likeness (QED) is 0.592. The van der Waals surface area contributed by atoms with Crippen molar-refractivity contribution in [1.29, 1.82) is 0 Å². The maximum Gasteiger partial charge on any atom is 0.0180 e. The van der Waals surface area contributed by atoms with Gasteiger partial charge in [-0.25, -0.2) is 0 Å². The van der Waals surface area contributed by atoms with E-state index in [9.17, 15) is 0 Å². The van der Waals surface area contributed by atoms with Crippen LogP contribution < -0.4 is 5.73 Å². The van der Waals surface area contributed by atoms with Gasteiger partial charge in [-0.1, -0.05) is 12.2 Å². The van der Waals surface area contributed by atoms with Crippen molar-refractivity contribution in [2.24, 2.45) is 5.73 Å². The summed E-state index contributed by atoms with van der Waals surface area (Å²) in [6, 6.07) is 1.24. The van der Waals surface area contributed by atoms with Crippen LogP contribution in [-0.2, 0) is 0 Å². The van der Waals surface area contributed by atoms with E-state index in [-0.39, 0.29) is 0 Å². The maximum atomic E-state index is 5.87. The average molecular weight is 166 g/mol. The molecule has 1 aliphatic carbocycles. The van der Waals surface area contributed by atoms with E-state index in [1.165, 1.54) is 32.2 Å². The summed E-state index contributed by atoms with van der Waals surface area (Å²) in [4.78, 5) is 2.56. The normalized spacial score (nSPS) is 37.4. The zero-order valence-electron chi connectivity index (χ0n) is 7.58. The molecule has 2 atom stereocenters. The fourth-order valence-corrected chi connectivity index (χ4v) is 2.26. The Bertz CT molecular complexity index is 177. The van der Waals surface area contributed by atoms with E-state index in [1.807, 2.05) is 0 Å². The number of allylic oxidation sites excluding steroid dienone is 1. The Morgan fingerprint density at radius 1 is 1.25 bits per heavy atom. The van der Waals surface area contributed by atoms with Crippen LogP contribution in [0.3, 0.4) is 0 Å². The maximum absolute atomic E-state index is 5.87. The lowest BCUT2D eigenvalue weighted by Crippen LogP contribution is -2.35. The molecule has 0 bridgehead atoms. The zero-order valence-corrected chi connectivity index (χ0v) is 7.58. The van der Waals surface area contributed by atoms with Crippen LogP contribution in [-0.4, -0.2) is 30.1 Å². The molecule has 2 aliphatic rings. The van der Waals surface area contributed by atoms with Crippen molar-refractivity contribution in [2.45, 2.75) is 37.8 Å². The van der Waals surface area contributed by atoms with E-state index >= 15 is 0 Å². The van der Waals surface area contributed by atoms with Gasteiger partial charge in [-0.2, -0.15) is 0 Å². The fourth-order valence-electron chi connectivity index (χ4n) is 2.26. The predicted molar refractivity (Wildman–Crippen MR) is 50.9 cm³/mol. The molecule has 68 valence electrons. The molecule has 2 N–H and O–H groups in total. The molecule has 2 rings (SSSR count).